The van der Waals surface area contributed by atoms with Crippen LogP contribution in [0.2, 0.25) is 0 Å². The number of amides is 1. The minimum absolute atomic E-state index is 0.0270. The number of nitrogens with zero attached hydrogens (tertiary/aromatic N) is 5. The molecule has 0 aliphatic carbocycles. The Bertz CT molecular complexity index is 1730. The molecule has 2 heterocycles. The number of aromatic nitrogens is 4. The average Bonchev–Trinajstić information content (AvgIpc) is 3.46. The number of aromatic hydroxyl groups is 2. The molecule has 0 saturated carbocycles. The highest BCUT2D eigenvalue weighted by molar-refractivity contribution is 5.96. The van der Waals surface area contributed by atoms with Crippen LogP contribution in [0.5, 0.6) is 11.5 Å². The van der Waals surface area contributed by atoms with Crippen molar-refractivity contribution in [3.05, 3.63) is 83.3 Å². The van der Waals surface area contributed by atoms with Crippen LogP contribution < -0.4 is 10.6 Å². The third-order valence-corrected chi connectivity index (χ3v) is 5.70. The predicted octanol–water partition coefficient (Wildman–Crippen LogP) is 2.30. The van der Waals surface area contributed by atoms with Crippen LogP contribution in [0.4, 0.5) is 5.69 Å². The SMILES string of the molecule is N=N/C(=C\Nc1ccc(C(=O)O)c(O)c1)c1cc(C(=O)NCCO)cc(-c2cn(-c3ccc(C(=O)O)c(O)c3)nn2)n1. The van der Waals surface area contributed by atoms with E-state index in [1.54, 1.807) is 0 Å². The highest BCUT2D eigenvalue weighted by Crippen LogP contribution is 2.26. The minimum Gasteiger partial charge on any atom is -0.507 e. The molecule has 0 aliphatic rings. The first-order chi connectivity index (χ1) is 20.1. The zero-order valence-electron chi connectivity index (χ0n) is 21.4. The maximum atomic E-state index is 12.7. The fourth-order valence-corrected chi connectivity index (χ4v) is 3.66. The molecule has 16 nitrogen and oxygen atoms in total. The van der Waals surface area contributed by atoms with E-state index in [0.717, 1.165) is 6.07 Å². The van der Waals surface area contributed by atoms with Crippen molar-refractivity contribution in [2.24, 2.45) is 5.11 Å². The van der Waals surface area contributed by atoms with Crippen molar-refractivity contribution in [1.29, 1.82) is 5.53 Å². The fourth-order valence-electron chi connectivity index (χ4n) is 3.66. The quantitative estimate of drug-likeness (QED) is 0.120. The van der Waals surface area contributed by atoms with Gasteiger partial charge in [0.25, 0.3) is 5.91 Å². The Morgan fingerprint density at radius 3 is 2.26 bits per heavy atom. The highest BCUT2D eigenvalue weighted by Gasteiger charge is 2.17. The van der Waals surface area contributed by atoms with Crippen LogP contribution in [-0.4, -0.2) is 76.5 Å². The molecule has 0 spiro atoms. The molecular weight excluding hydrogens is 552 g/mol. The zero-order chi connectivity index (χ0) is 30.4. The second-order valence-corrected chi connectivity index (χ2v) is 8.48. The van der Waals surface area contributed by atoms with Crippen LogP contribution in [0.3, 0.4) is 0 Å². The van der Waals surface area contributed by atoms with E-state index >= 15 is 0 Å². The van der Waals surface area contributed by atoms with Gasteiger partial charge in [0.2, 0.25) is 0 Å². The summed E-state index contributed by atoms with van der Waals surface area (Å²) in [5.74, 6) is -4.15. The minimum atomic E-state index is -1.31. The Labute approximate surface area is 235 Å². The fraction of sp³-hybridized carbons (Fsp3) is 0.0769. The van der Waals surface area contributed by atoms with Gasteiger partial charge in [0, 0.05) is 36.1 Å². The van der Waals surface area contributed by atoms with Crippen molar-refractivity contribution < 1.29 is 39.9 Å². The number of carbonyl (C=O) groups is 3. The predicted molar refractivity (Wildman–Crippen MR) is 144 cm³/mol. The number of benzene rings is 2. The van der Waals surface area contributed by atoms with Gasteiger partial charge in [-0.25, -0.2) is 24.8 Å². The second-order valence-electron chi connectivity index (χ2n) is 8.48. The van der Waals surface area contributed by atoms with E-state index < -0.39 is 29.3 Å². The van der Waals surface area contributed by atoms with E-state index in [-0.39, 0.29) is 64.0 Å². The summed E-state index contributed by atoms with van der Waals surface area (Å²) in [6.45, 7) is -0.330. The first-order valence-electron chi connectivity index (χ1n) is 11.9. The summed E-state index contributed by atoms with van der Waals surface area (Å²) >= 11 is 0. The van der Waals surface area contributed by atoms with Gasteiger partial charge in [-0.2, -0.15) is 5.11 Å². The standard InChI is InChI=1S/C26H22N8O8/c27-31-20(11-29-14-1-3-16(25(39)40)22(36)9-14)18-7-13(24(38)28-5-6-35)8-19(30-18)21-12-34(33-32-21)15-2-4-17(26(41)42)23(37)10-15/h1-4,7-12,27,29,35-37H,5-6H2,(H,28,38)(H,39,40)(H,41,42)/b20-11-,31-27?. The molecule has 0 aliphatic heterocycles. The van der Waals surface area contributed by atoms with E-state index in [0.29, 0.717) is 0 Å². The van der Waals surface area contributed by atoms with Gasteiger partial charge in [-0.1, -0.05) is 5.21 Å². The number of phenols is 2. The van der Waals surface area contributed by atoms with Gasteiger partial charge in [-0.3, -0.25) is 4.79 Å². The molecule has 0 atom stereocenters. The first-order valence-corrected chi connectivity index (χ1v) is 11.9. The molecule has 4 rings (SSSR count). The molecule has 4 aromatic rings. The van der Waals surface area contributed by atoms with Crippen LogP contribution in [0.25, 0.3) is 22.8 Å². The third-order valence-electron chi connectivity index (χ3n) is 5.70. The topological polar surface area (TPSA) is 256 Å². The number of nitrogens with one attached hydrogen (secondary N) is 3. The van der Waals surface area contributed by atoms with Gasteiger partial charge in [0.1, 0.15) is 34.0 Å². The average molecular weight is 575 g/mol. The number of aliphatic hydroxyl groups is 1. The molecule has 16 heteroatoms. The molecule has 0 saturated heterocycles. The molecule has 1 amide bonds. The summed E-state index contributed by atoms with van der Waals surface area (Å²) in [7, 11) is 0. The Balaban J connectivity index is 1.72. The summed E-state index contributed by atoms with van der Waals surface area (Å²) in [6, 6.07) is 10.3. The van der Waals surface area contributed by atoms with Gasteiger partial charge in [-0.05, 0) is 36.4 Å². The highest BCUT2D eigenvalue weighted by atomic mass is 16.4. The van der Waals surface area contributed by atoms with Crippen molar-refractivity contribution in [3.8, 4) is 28.6 Å². The van der Waals surface area contributed by atoms with Crippen LogP contribution in [0, 0.1) is 5.53 Å². The Morgan fingerprint density at radius 2 is 1.64 bits per heavy atom. The summed E-state index contributed by atoms with van der Waals surface area (Å²) in [5.41, 5.74) is 8.00. The molecule has 2 aromatic carbocycles. The normalized spacial score (nSPS) is 11.1. The smallest absolute Gasteiger partial charge is 0.339 e. The number of anilines is 1. The van der Waals surface area contributed by atoms with E-state index in [1.165, 1.54) is 59.5 Å². The largest absolute Gasteiger partial charge is 0.507 e. The number of carboxylic acids is 2. The number of carbonyl (C=O) groups excluding carboxylic acids is 1. The lowest BCUT2D eigenvalue weighted by Crippen LogP contribution is -2.26. The summed E-state index contributed by atoms with van der Waals surface area (Å²) in [4.78, 5) is 39.5. The molecule has 0 radical (unpaired) electrons. The first kappa shape index (κ1) is 28.8. The maximum Gasteiger partial charge on any atom is 0.339 e. The molecule has 0 fully saturated rings. The zero-order valence-corrected chi connectivity index (χ0v) is 21.4. The Hall–Kier alpha value is -6.16. The van der Waals surface area contributed by atoms with Crippen molar-refractivity contribution in [2.45, 2.75) is 0 Å². The molecule has 2 aromatic heterocycles. The monoisotopic (exact) mass is 574 g/mol. The maximum absolute atomic E-state index is 12.7. The van der Waals surface area contributed by atoms with Gasteiger partial charge in [0.15, 0.2) is 0 Å². The van der Waals surface area contributed by atoms with Gasteiger partial charge in [0.05, 0.1) is 29.9 Å². The van der Waals surface area contributed by atoms with Crippen molar-refractivity contribution in [2.75, 3.05) is 18.5 Å². The number of aromatic carboxylic acids is 2. The van der Waals surface area contributed by atoms with E-state index in [4.69, 9.17) is 20.9 Å². The van der Waals surface area contributed by atoms with Crippen LogP contribution in [0.15, 0.2) is 66.0 Å². The summed E-state index contributed by atoms with van der Waals surface area (Å²) < 4.78 is 1.25. The van der Waals surface area contributed by atoms with Crippen LogP contribution in [0.1, 0.15) is 36.8 Å². The van der Waals surface area contributed by atoms with E-state index in [9.17, 15) is 24.6 Å². The molecule has 0 bridgehead atoms. The number of hydrogen-bond acceptors (Lipinski definition) is 12. The molecule has 214 valence electrons. The van der Waals surface area contributed by atoms with Crippen LogP contribution >= 0.6 is 0 Å². The number of carboxylic acid groups (broad SMARTS) is 2. The van der Waals surface area contributed by atoms with Gasteiger partial charge in [-0.15, -0.1) is 5.10 Å². The van der Waals surface area contributed by atoms with Crippen molar-refractivity contribution in [1.82, 2.24) is 25.3 Å². The van der Waals surface area contributed by atoms with E-state index in [1.807, 2.05) is 0 Å². The summed E-state index contributed by atoms with van der Waals surface area (Å²) in [5, 5.41) is 64.1. The molecular formula is C26H22N8O8. The third kappa shape index (κ3) is 6.35. The van der Waals surface area contributed by atoms with Gasteiger partial charge < -0.3 is 36.2 Å². The number of aliphatic hydroxyl groups excluding tert-OH is 1. The number of pyridine rings is 1. The molecule has 0 unspecified atom stereocenters. The lowest BCUT2D eigenvalue weighted by atomic mass is 10.1. The van der Waals surface area contributed by atoms with Gasteiger partial charge >= 0.3 is 11.9 Å². The van der Waals surface area contributed by atoms with Crippen molar-refractivity contribution in [3.63, 3.8) is 0 Å². The lowest BCUT2D eigenvalue weighted by molar-refractivity contribution is 0.0682. The Kier molecular flexibility index (Phi) is 8.48. The number of rotatable bonds is 11. The van der Waals surface area contributed by atoms with E-state index in [2.05, 4.69) is 31.0 Å². The van der Waals surface area contributed by atoms with Crippen molar-refractivity contribution >= 4 is 29.2 Å². The lowest BCUT2D eigenvalue weighted by Gasteiger charge is -2.09. The summed E-state index contributed by atoms with van der Waals surface area (Å²) in [6.07, 6.45) is 2.68. The molecule has 42 heavy (non-hydrogen) atoms. The second kappa shape index (κ2) is 12.3. The number of hydrogen-bond donors (Lipinski definition) is 8. The van der Waals surface area contributed by atoms with Crippen LogP contribution in [-0.2, 0) is 0 Å². The molecule has 8 N–H and O–H groups in total. The Morgan fingerprint density at radius 1 is 0.952 bits per heavy atom.